The van der Waals surface area contributed by atoms with Crippen molar-refractivity contribution in [2.24, 2.45) is 10.2 Å². The Kier molecular flexibility index (Phi) is 10.3. The molecule has 0 N–H and O–H groups in total. The molecule has 290 valence electrons. The van der Waals surface area contributed by atoms with E-state index in [0.717, 1.165) is 52.7 Å². The van der Waals surface area contributed by atoms with Gasteiger partial charge < -0.3 is 0 Å². The van der Waals surface area contributed by atoms with Gasteiger partial charge in [0.05, 0.1) is 72.1 Å². The second-order valence-electron chi connectivity index (χ2n) is 14.1. The Morgan fingerprint density at radius 1 is 0.483 bits per heavy atom. The van der Waals surface area contributed by atoms with E-state index in [1.165, 1.54) is 0 Å². The molecule has 4 aliphatic heterocycles. The molecule has 0 aromatic heterocycles. The summed E-state index contributed by atoms with van der Waals surface area (Å²) in [5.41, 5.74) is 7.19. The molecular formula is C44H34Br2N6O6. The molecule has 5 aromatic carbocycles. The minimum atomic E-state index is -0.475. The Morgan fingerprint density at radius 2 is 0.810 bits per heavy atom. The van der Waals surface area contributed by atoms with E-state index in [1.54, 1.807) is 48.5 Å². The number of imide groups is 2. The van der Waals surface area contributed by atoms with Crippen LogP contribution >= 0.6 is 31.9 Å². The summed E-state index contributed by atoms with van der Waals surface area (Å²) in [5.74, 6) is -1.90. The molecular weight excluding hydrogens is 868 g/mol. The van der Waals surface area contributed by atoms with Gasteiger partial charge >= 0.3 is 0 Å². The fourth-order valence-corrected chi connectivity index (χ4v) is 8.22. The third kappa shape index (κ3) is 7.17. The zero-order valence-electron chi connectivity index (χ0n) is 30.8. The summed E-state index contributed by atoms with van der Waals surface area (Å²) in [6.07, 6.45) is 1.27. The number of fused-ring (bicyclic) bond motifs is 2. The maximum atomic E-state index is 12.9. The number of hydrogen-bond donors (Lipinski definition) is 0. The molecule has 5 aromatic rings. The van der Waals surface area contributed by atoms with Gasteiger partial charge in [-0.15, -0.1) is 10.1 Å². The number of hydrazone groups is 2. The first-order chi connectivity index (χ1) is 28.2. The quantitative estimate of drug-likeness (QED) is 0.116. The predicted octanol–water partition coefficient (Wildman–Crippen LogP) is 7.97. The number of carbonyl (C=O) groups excluding carboxylic acids is 4. The van der Waals surface area contributed by atoms with Gasteiger partial charge in [-0.2, -0.15) is 10.2 Å². The van der Waals surface area contributed by atoms with E-state index in [-0.39, 0.29) is 25.3 Å². The molecule has 4 heterocycles. The summed E-state index contributed by atoms with van der Waals surface area (Å²) >= 11 is 7.05. The van der Waals surface area contributed by atoms with Crippen molar-refractivity contribution >= 4 is 66.9 Å². The molecule has 0 fully saturated rings. The number of carbonyl (C=O) groups is 4. The lowest BCUT2D eigenvalue weighted by Gasteiger charge is -2.26. The first-order valence-electron chi connectivity index (χ1n) is 18.7. The molecule has 0 saturated carbocycles. The molecule has 9 rings (SSSR count). The van der Waals surface area contributed by atoms with Crippen molar-refractivity contribution < 1.29 is 28.9 Å². The van der Waals surface area contributed by atoms with Gasteiger partial charge in [-0.25, -0.2) is 0 Å². The molecule has 0 bridgehead atoms. The predicted molar refractivity (Wildman–Crippen MR) is 222 cm³/mol. The van der Waals surface area contributed by atoms with E-state index in [1.807, 2.05) is 58.5 Å². The summed E-state index contributed by atoms with van der Waals surface area (Å²) in [6, 6.07) is 37.5. The van der Waals surface area contributed by atoms with E-state index in [0.29, 0.717) is 48.2 Å². The van der Waals surface area contributed by atoms with Gasteiger partial charge in [0, 0.05) is 21.8 Å². The van der Waals surface area contributed by atoms with Gasteiger partial charge in [0.25, 0.3) is 23.6 Å². The second kappa shape index (κ2) is 15.9. The molecule has 12 nitrogen and oxygen atoms in total. The molecule has 0 radical (unpaired) electrons. The van der Waals surface area contributed by atoms with Crippen molar-refractivity contribution in [3.63, 3.8) is 0 Å². The van der Waals surface area contributed by atoms with Crippen LogP contribution in [0.3, 0.4) is 0 Å². The number of hydrogen-bond acceptors (Lipinski definition) is 10. The smallest absolute Gasteiger partial charge is 0.285 e. The average molecular weight is 903 g/mol. The Hall–Kier alpha value is -5.80. The van der Waals surface area contributed by atoms with Crippen LogP contribution in [0.15, 0.2) is 140 Å². The molecule has 0 aliphatic carbocycles. The lowest BCUT2D eigenvalue weighted by atomic mass is 9.94. The summed E-state index contributed by atoms with van der Waals surface area (Å²) in [7, 11) is 0. The maximum Gasteiger partial charge on any atom is 0.285 e. The SMILES string of the molecule is O=C1c2ccccc2C(=O)N1OCCN1N=C(c2ccc(Br)cc2)CC1c1ccc(C2CC(c3ccc(Br)cc3)=NN2CCON2C(=O)c3ccccc3C2=O)cc1. The van der Waals surface area contributed by atoms with Crippen LogP contribution in [0.4, 0.5) is 0 Å². The van der Waals surface area contributed by atoms with Crippen LogP contribution in [0.5, 0.6) is 0 Å². The Balaban J connectivity index is 0.921. The Morgan fingerprint density at radius 3 is 1.14 bits per heavy atom. The van der Waals surface area contributed by atoms with E-state index in [4.69, 9.17) is 19.9 Å². The van der Waals surface area contributed by atoms with Crippen molar-refractivity contribution in [3.8, 4) is 0 Å². The molecule has 4 aliphatic rings. The van der Waals surface area contributed by atoms with Crippen molar-refractivity contribution in [3.05, 3.63) is 175 Å². The third-order valence-electron chi connectivity index (χ3n) is 10.6. The number of nitrogens with zero attached hydrogens (tertiary/aromatic N) is 6. The number of hydroxylamine groups is 4. The summed E-state index contributed by atoms with van der Waals surface area (Å²) in [5, 5.41) is 15.6. The van der Waals surface area contributed by atoms with Crippen molar-refractivity contribution in [2.45, 2.75) is 24.9 Å². The number of amides is 4. The highest BCUT2D eigenvalue weighted by molar-refractivity contribution is 9.10. The highest BCUT2D eigenvalue weighted by Crippen LogP contribution is 2.37. The Labute approximate surface area is 350 Å². The second-order valence-corrected chi connectivity index (χ2v) is 15.9. The number of rotatable bonds is 12. The topological polar surface area (TPSA) is 124 Å². The lowest BCUT2D eigenvalue weighted by molar-refractivity contribution is -0.0971. The van der Waals surface area contributed by atoms with Crippen LogP contribution in [0.1, 0.15) is 88.6 Å². The molecule has 14 heteroatoms. The van der Waals surface area contributed by atoms with Crippen LogP contribution in [0.2, 0.25) is 0 Å². The maximum absolute atomic E-state index is 12.9. The van der Waals surface area contributed by atoms with Gasteiger partial charge in [-0.05, 0) is 70.8 Å². The van der Waals surface area contributed by atoms with Crippen LogP contribution in [-0.2, 0) is 9.68 Å². The number of benzene rings is 5. The van der Waals surface area contributed by atoms with Gasteiger partial charge in [0.15, 0.2) is 0 Å². The molecule has 0 saturated heterocycles. The summed E-state index contributed by atoms with van der Waals surface area (Å²) in [6.45, 7) is 0.780. The normalized spacial score (nSPS) is 18.7. The minimum Gasteiger partial charge on any atom is -0.286 e. The molecule has 4 amide bonds. The number of halogens is 2. The van der Waals surface area contributed by atoms with Crippen molar-refractivity contribution in [1.29, 1.82) is 0 Å². The largest absolute Gasteiger partial charge is 0.286 e. The first kappa shape index (κ1) is 37.8. The van der Waals surface area contributed by atoms with Gasteiger partial charge in [-0.1, -0.05) is 105 Å². The molecule has 2 unspecified atom stereocenters. The van der Waals surface area contributed by atoms with Gasteiger partial charge in [-0.3, -0.25) is 38.9 Å². The zero-order chi connectivity index (χ0) is 39.9. The van der Waals surface area contributed by atoms with Gasteiger partial charge in [0.2, 0.25) is 0 Å². The van der Waals surface area contributed by atoms with Crippen LogP contribution < -0.4 is 0 Å². The average Bonchev–Trinajstić information content (AvgIpc) is 3.99. The Bertz CT molecular complexity index is 2270. The highest BCUT2D eigenvalue weighted by atomic mass is 79.9. The highest BCUT2D eigenvalue weighted by Gasteiger charge is 2.39. The standard InChI is InChI=1S/C44H34Br2N6O6/c45-31-17-13-27(14-18-31)37-25-39(49(47-37)21-23-57-51-41(53)33-5-1-2-6-34(33)42(51)54)29-9-11-30(12-10-29)40-26-38(28-15-19-32(46)20-16-28)48-50(40)22-24-58-52-43(55)35-7-3-4-8-36(35)44(52)56/h1-20,39-40H,21-26H2. The van der Waals surface area contributed by atoms with E-state index >= 15 is 0 Å². The third-order valence-corrected chi connectivity index (χ3v) is 11.7. The van der Waals surface area contributed by atoms with Crippen LogP contribution in [0, 0.1) is 0 Å². The molecule has 0 spiro atoms. The monoisotopic (exact) mass is 900 g/mol. The van der Waals surface area contributed by atoms with E-state index in [9.17, 15) is 19.2 Å². The van der Waals surface area contributed by atoms with Gasteiger partial charge in [0.1, 0.15) is 0 Å². The first-order valence-corrected chi connectivity index (χ1v) is 20.3. The fourth-order valence-electron chi connectivity index (χ4n) is 7.70. The minimum absolute atomic E-state index is 0.0627. The van der Waals surface area contributed by atoms with Crippen molar-refractivity contribution in [1.82, 2.24) is 20.1 Å². The molecule has 58 heavy (non-hydrogen) atoms. The van der Waals surface area contributed by atoms with Crippen LogP contribution in [0.25, 0.3) is 0 Å². The molecule has 2 atom stereocenters. The fraction of sp³-hybridized carbons (Fsp3) is 0.182. The van der Waals surface area contributed by atoms with E-state index in [2.05, 4.69) is 56.1 Å². The lowest BCUT2D eigenvalue weighted by Crippen LogP contribution is -2.33. The van der Waals surface area contributed by atoms with Crippen molar-refractivity contribution in [2.75, 3.05) is 26.3 Å². The summed E-state index contributed by atoms with van der Waals surface area (Å²) < 4.78 is 1.94. The van der Waals surface area contributed by atoms with E-state index < -0.39 is 23.6 Å². The zero-order valence-corrected chi connectivity index (χ0v) is 34.0. The summed E-state index contributed by atoms with van der Waals surface area (Å²) in [4.78, 5) is 63.3. The van der Waals surface area contributed by atoms with Crippen LogP contribution in [-0.4, -0.2) is 81.5 Å².